The van der Waals surface area contributed by atoms with Crippen molar-refractivity contribution < 1.29 is 35.3 Å². The lowest BCUT2D eigenvalue weighted by Gasteiger charge is -2.20. The Morgan fingerprint density at radius 2 is 1.89 bits per heavy atom. The van der Waals surface area contributed by atoms with Crippen molar-refractivity contribution in [1.29, 1.82) is 0 Å². The number of pyridine rings is 1. The number of alkyl halides is 5. The number of fused-ring (bicyclic) bond motifs is 1. The molecule has 1 aliphatic carbocycles. The number of anilines is 1. The number of hydrogen-bond acceptors (Lipinski definition) is 4. The van der Waals surface area contributed by atoms with E-state index in [9.17, 15) is 35.3 Å². The number of benzene rings is 1. The molecule has 1 aliphatic rings. The second-order valence-corrected chi connectivity index (χ2v) is 9.19. The Labute approximate surface area is 194 Å². The topological polar surface area (TPSA) is 115 Å². The highest BCUT2D eigenvalue weighted by atomic mass is 32.2. The largest absolute Gasteiger partial charge is 0.434 e. The highest BCUT2D eigenvalue weighted by Crippen LogP contribution is 2.44. The Morgan fingerprint density at radius 3 is 2.49 bits per heavy atom. The molecule has 4 rings (SSSR count). The quantitative estimate of drug-likeness (QED) is 0.477. The number of aryl methyl sites for hydroxylation is 1. The molecule has 3 aromatic rings. The van der Waals surface area contributed by atoms with Crippen molar-refractivity contribution in [3.05, 3.63) is 59.3 Å². The van der Waals surface area contributed by atoms with Gasteiger partial charge in [-0.05, 0) is 30.4 Å². The van der Waals surface area contributed by atoms with E-state index in [-0.39, 0.29) is 34.2 Å². The van der Waals surface area contributed by atoms with Gasteiger partial charge < -0.3 is 5.32 Å². The van der Waals surface area contributed by atoms with Crippen molar-refractivity contribution in [2.24, 2.45) is 9.50 Å². The maximum atomic E-state index is 14.0. The fourth-order valence-corrected chi connectivity index (χ4v) is 4.68. The third-order valence-electron chi connectivity index (χ3n) is 5.14. The monoisotopic (exact) mass is 518 g/mol. The summed E-state index contributed by atoms with van der Waals surface area (Å²) in [5.41, 5.74) is -1.38. The van der Waals surface area contributed by atoms with Crippen molar-refractivity contribution in [2.75, 3.05) is 5.32 Å². The molecule has 0 fully saturated rings. The van der Waals surface area contributed by atoms with Gasteiger partial charge in [0.25, 0.3) is 0 Å². The van der Waals surface area contributed by atoms with Crippen LogP contribution in [0.4, 0.5) is 36.8 Å². The molecule has 2 aromatic heterocycles. The molecular formula is C20H16F6N6O2S. The number of nitrogens with zero attached hydrogens (tertiary/aromatic N) is 4. The number of hydrogen-bond donors (Lipinski definition) is 2. The van der Waals surface area contributed by atoms with Crippen LogP contribution in [0.25, 0.3) is 11.1 Å². The van der Waals surface area contributed by atoms with Gasteiger partial charge in [-0.2, -0.15) is 27.1 Å². The van der Waals surface area contributed by atoms with Gasteiger partial charge in [0, 0.05) is 11.3 Å². The molecule has 0 bridgehead atoms. The van der Waals surface area contributed by atoms with Crippen LogP contribution in [0, 0.1) is 5.82 Å². The van der Waals surface area contributed by atoms with E-state index in [1.54, 1.807) is 6.07 Å². The third-order valence-corrected chi connectivity index (χ3v) is 6.41. The van der Waals surface area contributed by atoms with E-state index < -0.39 is 50.8 Å². The van der Waals surface area contributed by atoms with E-state index >= 15 is 0 Å². The van der Waals surface area contributed by atoms with Crippen LogP contribution in [-0.2, 0) is 28.9 Å². The number of rotatable bonds is 4. The number of nitrogens with two attached hydrogens (primary N) is 1. The first-order chi connectivity index (χ1) is 16.4. The normalized spacial score (nSPS) is 15.1. The fourth-order valence-electron chi connectivity index (χ4n) is 3.76. The van der Waals surface area contributed by atoms with Crippen molar-refractivity contribution in [2.45, 2.75) is 37.0 Å². The van der Waals surface area contributed by atoms with E-state index in [4.69, 9.17) is 5.14 Å². The summed E-state index contributed by atoms with van der Waals surface area (Å²) in [6, 6.07) is 5.87. The van der Waals surface area contributed by atoms with Crippen LogP contribution in [0.3, 0.4) is 0 Å². The average molecular weight is 518 g/mol. The molecule has 0 aliphatic heterocycles. The van der Waals surface area contributed by atoms with Crippen LogP contribution in [0.5, 0.6) is 0 Å². The average Bonchev–Trinajstić information content (AvgIpc) is 3.40. The molecule has 0 saturated heterocycles. The van der Waals surface area contributed by atoms with Gasteiger partial charge in [0.2, 0.25) is 5.03 Å². The zero-order valence-corrected chi connectivity index (χ0v) is 18.3. The van der Waals surface area contributed by atoms with E-state index in [1.807, 2.05) is 0 Å². The summed E-state index contributed by atoms with van der Waals surface area (Å²) in [6.07, 6.45) is -3.66. The summed E-state index contributed by atoms with van der Waals surface area (Å²) in [7, 11) is -4.47. The minimum absolute atomic E-state index is 0.0903. The lowest BCUT2D eigenvalue weighted by molar-refractivity contribution is -0.140. The van der Waals surface area contributed by atoms with Crippen molar-refractivity contribution in [3.8, 4) is 11.1 Å². The predicted molar refractivity (Wildman–Crippen MR) is 112 cm³/mol. The Morgan fingerprint density at radius 1 is 1.20 bits per heavy atom. The van der Waals surface area contributed by atoms with Crippen molar-refractivity contribution in [1.82, 2.24) is 14.8 Å². The first-order valence-corrected chi connectivity index (χ1v) is 11.5. The highest BCUT2D eigenvalue weighted by molar-refractivity contribution is 7.91. The van der Waals surface area contributed by atoms with Gasteiger partial charge in [-0.1, -0.05) is 30.3 Å². The third kappa shape index (κ3) is 4.86. The van der Waals surface area contributed by atoms with Crippen LogP contribution in [-0.4, -0.2) is 25.0 Å². The van der Waals surface area contributed by atoms with E-state index in [2.05, 4.69) is 19.8 Å². The zero-order valence-electron chi connectivity index (χ0n) is 17.5. The van der Waals surface area contributed by atoms with Gasteiger partial charge in [-0.3, -0.25) is 0 Å². The van der Waals surface area contributed by atoms with Crippen molar-refractivity contribution >= 4 is 21.6 Å². The van der Waals surface area contributed by atoms with Gasteiger partial charge in [0.1, 0.15) is 0 Å². The molecule has 0 spiro atoms. The minimum atomic E-state index is -4.88. The Kier molecular flexibility index (Phi) is 6.31. The lowest BCUT2D eigenvalue weighted by Crippen LogP contribution is -2.21. The van der Waals surface area contributed by atoms with Crippen LogP contribution in [0.2, 0.25) is 0 Å². The second-order valence-electron chi connectivity index (χ2n) is 7.48. The van der Waals surface area contributed by atoms with Gasteiger partial charge in [-0.25, -0.2) is 28.2 Å². The Balaban J connectivity index is 1.84. The molecule has 186 valence electrons. The molecule has 2 amide bonds. The van der Waals surface area contributed by atoms with Gasteiger partial charge in [0.05, 0.1) is 11.9 Å². The smallest absolute Gasteiger partial charge is 0.304 e. The number of carbonyl (C=O) groups excluding carboxylic acids is 1. The molecular weight excluding hydrogens is 502 g/mol. The molecule has 3 N–H and O–H groups in total. The summed E-state index contributed by atoms with van der Waals surface area (Å²) in [5.74, 6) is -1.50. The lowest BCUT2D eigenvalue weighted by atomic mass is 9.97. The van der Waals surface area contributed by atoms with Crippen LogP contribution in [0.1, 0.15) is 29.9 Å². The number of amides is 2. The molecule has 1 aromatic carbocycles. The SMILES string of the molecule is NS(=O)(=NC(=O)Nc1c2c(nc(C(F)(F)F)c1-c1ccccc1)CCC2)c1nn(C(F)F)cc1F. The number of carbonyl (C=O) groups is 1. The van der Waals surface area contributed by atoms with Gasteiger partial charge >= 0.3 is 18.8 Å². The van der Waals surface area contributed by atoms with Crippen LogP contribution >= 0.6 is 0 Å². The molecule has 1 unspecified atom stereocenters. The van der Waals surface area contributed by atoms with E-state index in [0.29, 0.717) is 18.4 Å². The molecule has 15 heteroatoms. The summed E-state index contributed by atoms with van der Waals surface area (Å²) < 4.78 is 97.0. The highest BCUT2D eigenvalue weighted by Gasteiger charge is 2.39. The second kappa shape index (κ2) is 8.96. The molecule has 0 saturated carbocycles. The fraction of sp³-hybridized carbons (Fsp3) is 0.250. The molecule has 1 atom stereocenters. The number of halogens is 6. The van der Waals surface area contributed by atoms with Gasteiger partial charge in [0.15, 0.2) is 21.4 Å². The number of aromatic nitrogens is 3. The summed E-state index contributed by atoms with van der Waals surface area (Å²) in [6.45, 7) is -3.28. The number of nitrogens with one attached hydrogen (secondary N) is 1. The first kappa shape index (κ1) is 24.7. The molecule has 0 radical (unpaired) electrons. The minimum Gasteiger partial charge on any atom is -0.304 e. The molecule has 8 nitrogen and oxygen atoms in total. The summed E-state index contributed by atoms with van der Waals surface area (Å²) >= 11 is 0. The Bertz CT molecular complexity index is 1410. The predicted octanol–water partition coefficient (Wildman–Crippen LogP) is 4.92. The standard InChI is InChI=1S/C20H16F6N6O2S/c21-12-9-32(18(22)23)30-17(12)35(27,34)31-19(33)29-15-11-7-4-8-13(11)28-16(20(24,25)26)14(15)10-5-2-1-3-6-10/h1-3,5-6,9,18H,4,7-8H2,(H3,27,28,29,31,33,34). The van der Waals surface area contributed by atoms with Crippen LogP contribution < -0.4 is 10.5 Å². The summed E-state index contributed by atoms with van der Waals surface area (Å²) in [4.78, 5) is 16.5. The maximum Gasteiger partial charge on any atom is 0.434 e. The van der Waals surface area contributed by atoms with Crippen LogP contribution in [0.15, 0.2) is 45.9 Å². The maximum absolute atomic E-state index is 14.0. The van der Waals surface area contributed by atoms with Gasteiger partial charge in [-0.15, -0.1) is 4.36 Å². The molecule has 35 heavy (non-hydrogen) atoms. The summed E-state index contributed by atoms with van der Waals surface area (Å²) in [5, 5.41) is 9.47. The van der Waals surface area contributed by atoms with Crippen molar-refractivity contribution in [3.63, 3.8) is 0 Å². The first-order valence-electron chi connectivity index (χ1n) is 9.95. The Hall–Kier alpha value is -3.46. The number of urea groups is 1. The van der Waals surface area contributed by atoms with E-state index in [1.165, 1.54) is 24.3 Å². The molecule has 2 heterocycles. The van der Waals surface area contributed by atoms with E-state index in [0.717, 1.165) is 0 Å². The zero-order chi connectivity index (χ0) is 25.5.